The summed E-state index contributed by atoms with van der Waals surface area (Å²) in [5.41, 5.74) is 3.53. The summed E-state index contributed by atoms with van der Waals surface area (Å²) in [4.78, 5) is 13.1. The number of ketones is 1. The molecule has 2 aromatic rings. The molecular weight excluding hydrogens is 436 g/mol. The number of rotatable bonds is 8. The van der Waals surface area contributed by atoms with Crippen molar-refractivity contribution in [2.24, 2.45) is 0 Å². The van der Waals surface area contributed by atoms with Gasteiger partial charge in [0.1, 0.15) is 5.78 Å². The molecule has 5 heteroatoms. The summed E-state index contributed by atoms with van der Waals surface area (Å²) in [5.74, 6) is -0.368. The van der Waals surface area contributed by atoms with E-state index in [9.17, 15) is 4.79 Å². The SMILES string of the molecule is O=C(C(CBr)c1ccc(CO)cc1)C(CBr)c1ccc(CO)cc1. The zero-order chi connectivity index (χ0) is 17.5. The molecule has 0 fully saturated rings. The van der Waals surface area contributed by atoms with Gasteiger partial charge in [-0.3, -0.25) is 4.79 Å². The van der Waals surface area contributed by atoms with E-state index in [1.807, 2.05) is 48.5 Å². The molecule has 0 saturated heterocycles. The molecule has 2 N–H and O–H groups in total. The Bertz CT molecular complexity index is 596. The van der Waals surface area contributed by atoms with Gasteiger partial charge in [-0.05, 0) is 22.3 Å². The first kappa shape index (κ1) is 19.3. The van der Waals surface area contributed by atoms with Crippen molar-refractivity contribution in [1.82, 2.24) is 0 Å². The summed E-state index contributed by atoms with van der Waals surface area (Å²) in [6, 6.07) is 15.0. The van der Waals surface area contributed by atoms with Gasteiger partial charge in [-0.2, -0.15) is 0 Å². The fourth-order valence-corrected chi connectivity index (χ4v) is 4.00. The third-order valence-electron chi connectivity index (χ3n) is 4.12. The smallest absolute Gasteiger partial charge is 0.149 e. The molecule has 0 aliphatic carbocycles. The highest BCUT2D eigenvalue weighted by Crippen LogP contribution is 2.30. The molecule has 2 unspecified atom stereocenters. The van der Waals surface area contributed by atoms with Gasteiger partial charge in [-0.25, -0.2) is 0 Å². The molecule has 2 aromatic carbocycles. The molecule has 0 spiro atoms. The van der Waals surface area contributed by atoms with Gasteiger partial charge >= 0.3 is 0 Å². The van der Waals surface area contributed by atoms with Crippen molar-refractivity contribution in [1.29, 1.82) is 0 Å². The van der Waals surface area contributed by atoms with Crippen molar-refractivity contribution < 1.29 is 15.0 Å². The molecule has 0 radical (unpaired) electrons. The van der Waals surface area contributed by atoms with Crippen LogP contribution in [0, 0.1) is 0 Å². The second-order valence-electron chi connectivity index (χ2n) is 5.62. The van der Waals surface area contributed by atoms with E-state index < -0.39 is 0 Å². The summed E-state index contributed by atoms with van der Waals surface area (Å²) >= 11 is 6.93. The van der Waals surface area contributed by atoms with Crippen LogP contribution in [0.5, 0.6) is 0 Å². The molecule has 3 nitrogen and oxygen atoms in total. The topological polar surface area (TPSA) is 57.5 Å². The van der Waals surface area contributed by atoms with Crippen molar-refractivity contribution >= 4 is 37.6 Å². The van der Waals surface area contributed by atoms with Gasteiger partial charge in [0.2, 0.25) is 0 Å². The Hall–Kier alpha value is -1.01. The fourth-order valence-electron chi connectivity index (χ4n) is 2.61. The predicted octanol–water partition coefficient (Wildman–Crippen LogP) is 3.90. The van der Waals surface area contributed by atoms with Crippen molar-refractivity contribution in [2.75, 3.05) is 10.7 Å². The van der Waals surface area contributed by atoms with Crippen LogP contribution < -0.4 is 0 Å². The molecule has 0 saturated carbocycles. The lowest BCUT2D eigenvalue weighted by Gasteiger charge is -2.21. The zero-order valence-corrected chi connectivity index (χ0v) is 16.3. The first-order chi connectivity index (χ1) is 11.6. The van der Waals surface area contributed by atoms with E-state index in [1.54, 1.807) is 0 Å². The number of alkyl halides is 2. The maximum atomic E-state index is 13.1. The summed E-state index contributed by atoms with van der Waals surface area (Å²) in [5, 5.41) is 19.4. The summed E-state index contributed by atoms with van der Waals surface area (Å²) in [6.45, 7) is -0.0110. The van der Waals surface area contributed by atoms with Crippen LogP contribution in [0.1, 0.15) is 34.1 Å². The summed E-state index contributed by atoms with van der Waals surface area (Å²) in [7, 11) is 0. The molecule has 0 amide bonds. The maximum absolute atomic E-state index is 13.1. The fraction of sp³-hybridized carbons (Fsp3) is 0.316. The first-order valence-corrected chi connectivity index (χ1v) is 9.94. The second-order valence-corrected chi connectivity index (χ2v) is 6.91. The molecule has 0 aliphatic rings. The quantitative estimate of drug-likeness (QED) is 0.593. The Labute approximate surface area is 159 Å². The number of benzene rings is 2. The second kappa shape index (κ2) is 9.47. The molecular formula is C19H20Br2O3. The maximum Gasteiger partial charge on any atom is 0.149 e. The number of Topliss-reactive ketones (excluding diaryl/α,β-unsaturated/α-hetero) is 1. The molecule has 0 heterocycles. The summed E-state index contributed by atoms with van der Waals surface area (Å²) in [6.07, 6.45) is 0. The largest absolute Gasteiger partial charge is 0.392 e. The standard InChI is InChI=1S/C19H20Br2O3/c20-9-17(15-5-1-13(11-22)2-6-15)19(24)18(10-21)16-7-3-14(12-23)4-8-16/h1-8,17-18,22-23H,9-12H2. The van der Waals surface area contributed by atoms with Crippen molar-refractivity contribution in [3.8, 4) is 0 Å². The van der Waals surface area contributed by atoms with Crippen LogP contribution in [0.25, 0.3) is 0 Å². The first-order valence-electron chi connectivity index (χ1n) is 7.69. The molecule has 0 aliphatic heterocycles. The minimum atomic E-state index is -0.252. The molecule has 24 heavy (non-hydrogen) atoms. The molecule has 128 valence electrons. The van der Waals surface area contributed by atoms with E-state index in [1.165, 1.54) is 0 Å². The van der Waals surface area contributed by atoms with Crippen LogP contribution in [0.15, 0.2) is 48.5 Å². The third kappa shape index (κ3) is 4.54. The number of carbonyl (C=O) groups is 1. The van der Waals surface area contributed by atoms with Gasteiger partial charge < -0.3 is 10.2 Å². The molecule has 0 bridgehead atoms. The van der Waals surface area contributed by atoms with E-state index in [0.717, 1.165) is 22.3 Å². The van der Waals surface area contributed by atoms with E-state index in [0.29, 0.717) is 10.7 Å². The normalized spacial score (nSPS) is 13.5. The van der Waals surface area contributed by atoms with Gasteiger partial charge in [-0.15, -0.1) is 0 Å². The lowest BCUT2D eigenvalue weighted by atomic mass is 9.85. The summed E-state index contributed by atoms with van der Waals surface area (Å²) < 4.78 is 0. The Morgan fingerprint density at radius 2 is 1.08 bits per heavy atom. The zero-order valence-electron chi connectivity index (χ0n) is 13.2. The number of aliphatic hydroxyl groups excluding tert-OH is 2. The minimum absolute atomic E-state index is 0.00552. The van der Waals surface area contributed by atoms with Crippen LogP contribution in [-0.4, -0.2) is 26.7 Å². The van der Waals surface area contributed by atoms with Gasteiger partial charge in [-0.1, -0.05) is 80.4 Å². The lowest BCUT2D eigenvalue weighted by molar-refractivity contribution is -0.121. The van der Waals surface area contributed by atoms with Gasteiger partial charge in [0, 0.05) is 10.7 Å². The van der Waals surface area contributed by atoms with Gasteiger partial charge in [0.15, 0.2) is 0 Å². The Morgan fingerprint density at radius 3 is 1.33 bits per heavy atom. The average Bonchev–Trinajstić information content (AvgIpc) is 2.64. The highest BCUT2D eigenvalue weighted by molar-refractivity contribution is 9.09. The Balaban J connectivity index is 2.25. The number of halogens is 2. The van der Waals surface area contributed by atoms with E-state index >= 15 is 0 Å². The van der Waals surface area contributed by atoms with Crippen LogP contribution in [0.3, 0.4) is 0 Å². The van der Waals surface area contributed by atoms with Crippen LogP contribution >= 0.6 is 31.9 Å². The Kier molecular flexibility index (Phi) is 7.62. The van der Waals surface area contributed by atoms with Gasteiger partial charge in [0.25, 0.3) is 0 Å². The average molecular weight is 456 g/mol. The van der Waals surface area contributed by atoms with Crippen molar-refractivity contribution in [3.05, 3.63) is 70.8 Å². The van der Waals surface area contributed by atoms with E-state index in [-0.39, 0.29) is 30.8 Å². The van der Waals surface area contributed by atoms with E-state index in [2.05, 4.69) is 31.9 Å². The Morgan fingerprint density at radius 1 is 0.750 bits per heavy atom. The monoisotopic (exact) mass is 454 g/mol. The number of hydrogen-bond acceptors (Lipinski definition) is 3. The molecule has 2 rings (SSSR count). The van der Waals surface area contributed by atoms with Crippen LogP contribution in [-0.2, 0) is 18.0 Å². The van der Waals surface area contributed by atoms with Crippen molar-refractivity contribution in [3.63, 3.8) is 0 Å². The number of hydrogen-bond donors (Lipinski definition) is 2. The molecule has 0 aromatic heterocycles. The highest BCUT2D eigenvalue weighted by atomic mass is 79.9. The third-order valence-corrected chi connectivity index (χ3v) is 5.42. The van der Waals surface area contributed by atoms with Crippen molar-refractivity contribution in [2.45, 2.75) is 25.0 Å². The van der Waals surface area contributed by atoms with Gasteiger partial charge in [0.05, 0.1) is 25.0 Å². The van der Waals surface area contributed by atoms with Crippen LogP contribution in [0.4, 0.5) is 0 Å². The highest BCUT2D eigenvalue weighted by Gasteiger charge is 2.28. The van der Waals surface area contributed by atoms with Crippen LogP contribution in [0.2, 0.25) is 0 Å². The number of aliphatic hydroxyl groups is 2. The number of carbonyl (C=O) groups excluding carboxylic acids is 1. The predicted molar refractivity (Wildman–Crippen MR) is 103 cm³/mol. The minimum Gasteiger partial charge on any atom is -0.392 e. The lowest BCUT2D eigenvalue weighted by Crippen LogP contribution is -2.23. The molecule has 2 atom stereocenters. The van der Waals surface area contributed by atoms with E-state index in [4.69, 9.17) is 10.2 Å².